The molecule has 0 saturated heterocycles. The summed E-state index contributed by atoms with van der Waals surface area (Å²) in [4.78, 5) is 36.4. The number of nitrogens with one attached hydrogen (secondary N) is 2. The topological polar surface area (TPSA) is 140 Å². The molecular formula is C30H36N6O5. The van der Waals surface area contributed by atoms with Gasteiger partial charge in [-0.15, -0.1) is 5.10 Å². The first-order valence-corrected chi connectivity index (χ1v) is 13.0. The Hall–Kier alpha value is -4.77. The number of hydrogen-bond donors (Lipinski definition) is 3. The van der Waals surface area contributed by atoms with Crippen LogP contribution in [0.1, 0.15) is 58.3 Å². The van der Waals surface area contributed by atoms with E-state index in [2.05, 4.69) is 62.5 Å². The molecule has 3 N–H and O–H groups in total. The van der Waals surface area contributed by atoms with Crippen molar-refractivity contribution in [3.63, 3.8) is 0 Å². The SMILES string of the molecule is CC(C)(C)OC(C)(C)C.O=C(O)Nc1ccc(-n2cccc2)cc1NC(=O)CC(=O)c1cccc(-n2ccnn2)c1. The van der Waals surface area contributed by atoms with Gasteiger partial charge in [0.25, 0.3) is 0 Å². The van der Waals surface area contributed by atoms with Crippen molar-refractivity contribution >= 4 is 29.2 Å². The van der Waals surface area contributed by atoms with E-state index < -0.39 is 24.2 Å². The molecule has 0 aliphatic rings. The minimum atomic E-state index is -1.27. The molecule has 4 aromatic rings. The van der Waals surface area contributed by atoms with Gasteiger partial charge in [-0.3, -0.25) is 14.9 Å². The number of rotatable bonds is 7. The molecule has 4 rings (SSSR count). The Morgan fingerprint density at radius 1 is 0.829 bits per heavy atom. The van der Waals surface area contributed by atoms with E-state index in [4.69, 9.17) is 9.84 Å². The number of carbonyl (C=O) groups excluding carboxylic acids is 2. The quantitative estimate of drug-likeness (QED) is 0.187. The van der Waals surface area contributed by atoms with Gasteiger partial charge in [-0.2, -0.15) is 0 Å². The standard InChI is InChI=1S/C22H18N6O4.C8H18O/c29-20(15-4-3-5-17(12-15)28-11-8-23-26-28)14-21(30)24-19-13-16(27-9-1-2-10-27)6-7-18(19)25-22(31)32;1-7(2,3)9-8(4,5)6/h1-13,25H,14H2,(H,24,30)(H,31,32);1-6H3. The van der Waals surface area contributed by atoms with Crippen LogP contribution in [0, 0.1) is 0 Å². The van der Waals surface area contributed by atoms with Crippen LogP contribution >= 0.6 is 0 Å². The van der Waals surface area contributed by atoms with Crippen molar-refractivity contribution in [2.24, 2.45) is 0 Å². The van der Waals surface area contributed by atoms with Crippen molar-refractivity contribution in [3.8, 4) is 11.4 Å². The number of amides is 2. The van der Waals surface area contributed by atoms with Crippen LogP contribution in [0.3, 0.4) is 0 Å². The molecule has 0 fully saturated rings. The highest BCUT2D eigenvalue weighted by Crippen LogP contribution is 2.26. The predicted molar refractivity (Wildman–Crippen MR) is 157 cm³/mol. The van der Waals surface area contributed by atoms with Crippen molar-refractivity contribution in [2.45, 2.75) is 59.2 Å². The molecule has 0 bridgehead atoms. The number of carbonyl (C=O) groups is 3. The second-order valence-electron chi connectivity index (χ2n) is 11.1. The lowest BCUT2D eigenvalue weighted by Gasteiger charge is -2.30. The van der Waals surface area contributed by atoms with Gasteiger partial charge in [-0.05, 0) is 84.0 Å². The number of carboxylic acid groups (broad SMARTS) is 1. The Bertz CT molecular complexity index is 1450. The molecule has 216 valence electrons. The van der Waals surface area contributed by atoms with Crippen LogP contribution in [0.25, 0.3) is 11.4 Å². The lowest BCUT2D eigenvalue weighted by atomic mass is 10.1. The zero-order valence-electron chi connectivity index (χ0n) is 24.1. The summed E-state index contributed by atoms with van der Waals surface area (Å²) in [5.41, 5.74) is 2.11. The van der Waals surface area contributed by atoms with E-state index in [1.165, 1.54) is 10.9 Å². The summed E-state index contributed by atoms with van der Waals surface area (Å²) in [5, 5.41) is 21.6. The average Bonchev–Trinajstić information content (AvgIpc) is 3.58. The third-order valence-electron chi connectivity index (χ3n) is 5.21. The normalized spacial score (nSPS) is 11.3. The Morgan fingerprint density at radius 3 is 2.07 bits per heavy atom. The number of benzene rings is 2. The fourth-order valence-corrected chi connectivity index (χ4v) is 4.06. The first kappa shape index (κ1) is 30.8. The fraction of sp³-hybridized carbons (Fsp3) is 0.300. The molecule has 0 radical (unpaired) electrons. The molecule has 41 heavy (non-hydrogen) atoms. The summed E-state index contributed by atoms with van der Waals surface area (Å²) >= 11 is 0. The highest BCUT2D eigenvalue weighted by molar-refractivity contribution is 6.12. The van der Waals surface area contributed by atoms with Gasteiger partial charge in [-0.25, -0.2) is 9.48 Å². The summed E-state index contributed by atoms with van der Waals surface area (Å²) < 4.78 is 8.94. The number of nitrogens with zero attached hydrogens (tertiary/aromatic N) is 4. The molecule has 2 aromatic heterocycles. The zero-order chi connectivity index (χ0) is 30.2. The second kappa shape index (κ2) is 13.1. The van der Waals surface area contributed by atoms with Gasteiger partial charge in [0.2, 0.25) is 5.91 Å². The number of Topliss-reactive ketones (excluding diaryl/α,β-unsaturated/α-hetero) is 1. The summed E-state index contributed by atoms with van der Waals surface area (Å²) in [6.45, 7) is 12.4. The summed E-state index contributed by atoms with van der Waals surface area (Å²) in [5.74, 6) is -0.960. The minimum Gasteiger partial charge on any atom is -0.465 e. The fourth-order valence-electron chi connectivity index (χ4n) is 4.06. The third kappa shape index (κ3) is 10.0. The maximum absolute atomic E-state index is 12.7. The Balaban J connectivity index is 0.000000445. The Kier molecular flexibility index (Phi) is 9.80. The van der Waals surface area contributed by atoms with Crippen LogP contribution in [0.5, 0.6) is 0 Å². The number of hydrogen-bond acceptors (Lipinski definition) is 6. The largest absolute Gasteiger partial charge is 0.465 e. The van der Waals surface area contributed by atoms with Crippen LogP contribution in [0.4, 0.5) is 16.2 Å². The molecule has 11 heteroatoms. The molecule has 2 aromatic carbocycles. The van der Waals surface area contributed by atoms with Crippen LogP contribution in [-0.4, -0.2) is 53.7 Å². The van der Waals surface area contributed by atoms with Crippen LogP contribution < -0.4 is 10.6 Å². The summed E-state index contributed by atoms with van der Waals surface area (Å²) in [7, 11) is 0. The molecule has 0 aliphatic carbocycles. The zero-order valence-corrected chi connectivity index (χ0v) is 24.1. The van der Waals surface area contributed by atoms with E-state index in [0.29, 0.717) is 16.9 Å². The van der Waals surface area contributed by atoms with E-state index >= 15 is 0 Å². The Labute approximate surface area is 239 Å². The van der Waals surface area contributed by atoms with E-state index in [1.54, 1.807) is 53.2 Å². The molecule has 0 spiro atoms. The first-order chi connectivity index (χ1) is 19.2. The number of ketones is 1. The summed E-state index contributed by atoms with van der Waals surface area (Å²) in [6, 6.07) is 15.2. The number of ether oxygens (including phenoxy) is 1. The van der Waals surface area contributed by atoms with Crippen LogP contribution in [-0.2, 0) is 9.53 Å². The van der Waals surface area contributed by atoms with E-state index in [-0.39, 0.29) is 22.6 Å². The average molecular weight is 561 g/mol. The molecule has 2 amide bonds. The smallest absolute Gasteiger partial charge is 0.409 e. The first-order valence-electron chi connectivity index (χ1n) is 13.0. The summed E-state index contributed by atoms with van der Waals surface area (Å²) in [6.07, 6.45) is 5.11. The van der Waals surface area contributed by atoms with Crippen molar-refractivity contribution in [3.05, 3.63) is 84.9 Å². The molecule has 2 heterocycles. The van der Waals surface area contributed by atoms with Gasteiger partial charge in [-0.1, -0.05) is 17.3 Å². The van der Waals surface area contributed by atoms with Gasteiger partial charge >= 0.3 is 6.09 Å². The van der Waals surface area contributed by atoms with E-state index in [0.717, 1.165) is 0 Å². The monoisotopic (exact) mass is 560 g/mol. The highest BCUT2D eigenvalue weighted by atomic mass is 16.5. The van der Waals surface area contributed by atoms with Gasteiger partial charge in [0, 0.05) is 23.6 Å². The predicted octanol–water partition coefficient (Wildman–Crippen LogP) is 5.96. The maximum Gasteiger partial charge on any atom is 0.409 e. The maximum atomic E-state index is 12.7. The van der Waals surface area contributed by atoms with Gasteiger partial charge in [0.05, 0.1) is 47.1 Å². The molecule has 0 saturated carbocycles. The van der Waals surface area contributed by atoms with Crippen LogP contribution in [0.15, 0.2) is 79.4 Å². The second-order valence-corrected chi connectivity index (χ2v) is 11.1. The van der Waals surface area contributed by atoms with Crippen molar-refractivity contribution < 1.29 is 24.2 Å². The van der Waals surface area contributed by atoms with Gasteiger partial charge in [0.1, 0.15) is 0 Å². The van der Waals surface area contributed by atoms with Crippen LogP contribution in [0.2, 0.25) is 0 Å². The van der Waals surface area contributed by atoms with Crippen molar-refractivity contribution in [2.75, 3.05) is 10.6 Å². The molecule has 0 atom stereocenters. The third-order valence-corrected chi connectivity index (χ3v) is 5.21. The van der Waals surface area contributed by atoms with E-state index in [1.807, 2.05) is 24.5 Å². The lowest BCUT2D eigenvalue weighted by molar-refractivity contribution is -0.115. The lowest BCUT2D eigenvalue weighted by Crippen LogP contribution is -2.31. The molecular weight excluding hydrogens is 524 g/mol. The molecule has 11 nitrogen and oxygen atoms in total. The highest BCUT2D eigenvalue weighted by Gasteiger charge is 2.20. The molecule has 0 unspecified atom stereocenters. The number of aromatic nitrogens is 4. The number of anilines is 2. The Morgan fingerprint density at radius 2 is 1.51 bits per heavy atom. The van der Waals surface area contributed by atoms with Crippen molar-refractivity contribution in [1.82, 2.24) is 19.6 Å². The molecule has 0 aliphatic heterocycles. The minimum absolute atomic E-state index is 0.0156. The van der Waals surface area contributed by atoms with Gasteiger partial charge < -0.3 is 19.7 Å². The van der Waals surface area contributed by atoms with Crippen molar-refractivity contribution in [1.29, 1.82) is 0 Å². The van der Waals surface area contributed by atoms with E-state index in [9.17, 15) is 14.4 Å². The van der Waals surface area contributed by atoms with Gasteiger partial charge in [0.15, 0.2) is 5.78 Å².